The molecule has 1 rings (SSSR count). The number of nitrogens with zero attached hydrogens (tertiary/aromatic N) is 1. The van der Waals surface area contributed by atoms with Gasteiger partial charge in [0.05, 0.1) is 13.2 Å². The zero-order valence-corrected chi connectivity index (χ0v) is 18.4. The number of guanidine groups is 1. The minimum absolute atomic E-state index is 0. The molecule has 144 valence electrons. The number of ether oxygens (including phenoxy) is 2. The molecule has 0 spiro atoms. The fourth-order valence-corrected chi connectivity index (χ4v) is 2.17. The Morgan fingerprint density at radius 1 is 1.12 bits per heavy atom. The second-order valence-corrected chi connectivity index (χ2v) is 5.63. The van der Waals surface area contributed by atoms with Crippen molar-refractivity contribution < 1.29 is 9.47 Å². The minimum atomic E-state index is 0. The molecule has 6 heteroatoms. The maximum atomic E-state index is 5.88. The van der Waals surface area contributed by atoms with Gasteiger partial charge in [-0.15, -0.1) is 24.0 Å². The molecular formula is C19H34IN3O2. The van der Waals surface area contributed by atoms with Gasteiger partial charge in [0.15, 0.2) is 5.96 Å². The summed E-state index contributed by atoms with van der Waals surface area (Å²) >= 11 is 0. The lowest BCUT2D eigenvalue weighted by Crippen LogP contribution is -2.37. The fourth-order valence-electron chi connectivity index (χ4n) is 2.17. The monoisotopic (exact) mass is 463 g/mol. The third kappa shape index (κ3) is 10.5. The Morgan fingerprint density at radius 3 is 2.60 bits per heavy atom. The Balaban J connectivity index is 0.00000576. The average Bonchev–Trinajstić information content (AvgIpc) is 2.58. The highest BCUT2D eigenvalue weighted by Crippen LogP contribution is 2.21. The van der Waals surface area contributed by atoms with E-state index in [1.54, 1.807) is 0 Å². The van der Waals surface area contributed by atoms with Crippen LogP contribution in [-0.4, -0.2) is 38.9 Å². The van der Waals surface area contributed by atoms with Gasteiger partial charge in [0.1, 0.15) is 12.4 Å². The summed E-state index contributed by atoms with van der Waals surface area (Å²) in [4.78, 5) is 4.67. The lowest BCUT2D eigenvalue weighted by atomic mass is 10.1. The number of aliphatic imine (C=N–C) groups is 1. The van der Waals surface area contributed by atoms with Gasteiger partial charge in [-0.05, 0) is 38.8 Å². The van der Waals surface area contributed by atoms with Gasteiger partial charge in [0.25, 0.3) is 0 Å². The first-order valence-electron chi connectivity index (χ1n) is 9.03. The molecule has 1 aromatic carbocycles. The van der Waals surface area contributed by atoms with E-state index >= 15 is 0 Å². The first-order valence-corrected chi connectivity index (χ1v) is 9.03. The molecular weight excluding hydrogens is 429 g/mol. The molecule has 0 saturated carbocycles. The van der Waals surface area contributed by atoms with Crippen LogP contribution < -0.4 is 15.4 Å². The van der Waals surface area contributed by atoms with Crippen LogP contribution in [-0.2, 0) is 11.3 Å². The lowest BCUT2D eigenvalue weighted by molar-refractivity contribution is 0.110. The van der Waals surface area contributed by atoms with Gasteiger partial charge in [-0.1, -0.05) is 25.5 Å². The van der Waals surface area contributed by atoms with Gasteiger partial charge in [-0.2, -0.15) is 0 Å². The molecule has 2 N–H and O–H groups in total. The van der Waals surface area contributed by atoms with Crippen LogP contribution in [0.2, 0.25) is 0 Å². The van der Waals surface area contributed by atoms with Crippen molar-refractivity contribution in [3.8, 4) is 5.75 Å². The summed E-state index contributed by atoms with van der Waals surface area (Å²) in [6, 6.07) is 6.25. The molecule has 1 aromatic rings. The quantitative estimate of drug-likeness (QED) is 0.226. The number of hydrogen-bond acceptors (Lipinski definition) is 3. The predicted molar refractivity (Wildman–Crippen MR) is 116 cm³/mol. The molecule has 0 aliphatic carbocycles. The van der Waals surface area contributed by atoms with Gasteiger partial charge >= 0.3 is 0 Å². The molecule has 0 unspecified atom stereocenters. The van der Waals surface area contributed by atoms with E-state index in [4.69, 9.17) is 9.47 Å². The summed E-state index contributed by atoms with van der Waals surface area (Å²) in [6.45, 7) is 12.6. The van der Waals surface area contributed by atoms with E-state index in [0.717, 1.165) is 36.8 Å². The zero-order valence-electron chi connectivity index (χ0n) is 16.1. The summed E-state index contributed by atoms with van der Waals surface area (Å²) < 4.78 is 11.2. The van der Waals surface area contributed by atoms with Gasteiger partial charge in [0.2, 0.25) is 0 Å². The smallest absolute Gasteiger partial charge is 0.191 e. The summed E-state index contributed by atoms with van der Waals surface area (Å²) in [5, 5.41) is 6.64. The van der Waals surface area contributed by atoms with Crippen molar-refractivity contribution >= 4 is 29.9 Å². The van der Waals surface area contributed by atoms with Crippen molar-refractivity contribution in [2.45, 2.75) is 47.1 Å². The third-order valence-corrected chi connectivity index (χ3v) is 3.49. The first kappa shape index (κ1) is 24.0. The van der Waals surface area contributed by atoms with Crippen molar-refractivity contribution in [2.75, 3.05) is 32.9 Å². The van der Waals surface area contributed by atoms with Crippen LogP contribution in [0.5, 0.6) is 5.75 Å². The van der Waals surface area contributed by atoms with Crippen LogP contribution >= 0.6 is 24.0 Å². The average molecular weight is 463 g/mol. The number of nitrogens with one attached hydrogen (secondary N) is 2. The molecule has 0 aliphatic rings. The molecule has 0 aliphatic heterocycles. The van der Waals surface area contributed by atoms with Gasteiger partial charge in [-0.3, -0.25) is 0 Å². The topological polar surface area (TPSA) is 54.9 Å². The third-order valence-electron chi connectivity index (χ3n) is 3.49. The molecule has 0 bridgehead atoms. The molecule has 0 atom stereocenters. The van der Waals surface area contributed by atoms with Crippen LogP contribution in [0, 0.1) is 6.92 Å². The number of rotatable bonds is 11. The van der Waals surface area contributed by atoms with Gasteiger partial charge in [0, 0.05) is 25.3 Å². The number of hydrogen-bond donors (Lipinski definition) is 2. The van der Waals surface area contributed by atoms with Crippen molar-refractivity contribution in [1.29, 1.82) is 0 Å². The highest BCUT2D eigenvalue weighted by Gasteiger charge is 2.05. The summed E-state index contributed by atoms with van der Waals surface area (Å²) in [6.07, 6.45) is 2.31. The van der Waals surface area contributed by atoms with E-state index in [1.165, 1.54) is 12.0 Å². The first-order chi connectivity index (χ1) is 11.7. The molecule has 25 heavy (non-hydrogen) atoms. The Morgan fingerprint density at radius 2 is 1.92 bits per heavy atom. The number of aryl methyl sites for hydroxylation is 1. The van der Waals surface area contributed by atoms with Crippen molar-refractivity contribution in [2.24, 2.45) is 4.99 Å². The standard InChI is InChI=1S/C19H33N3O2.HI/c1-5-8-11-21-19(20-6-2)22-15-17-10-9-16(4)14-18(17)24-13-12-23-7-3;/h9-10,14H,5-8,11-13,15H2,1-4H3,(H2,20,21,22);1H. The van der Waals surface area contributed by atoms with Gasteiger partial charge < -0.3 is 20.1 Å². The Bertz CT molecular complexity index is 496. The van der Waals surface area contributed by atoms with E-state index in [0.29, 0.717) is 26.4 Å². The van der Waals surface area contributed by atoms with Crippen LogP contribution in [0.4, 0.5) is 0 Å². The Hall–Kier alpha value is -1.02. The second kappa shape index (κ2) is 15.3. The molecule has 5 nitrogen and oxygen atoms in total. The van der Waals surface area contributed by atoms with Crippen LogP contribution in [0.15, 0.2) is 23.2 Å². The summed E-state index contributed by atoms with van der Waals surface area (Å²) in [5.74, 6) is 1.75. The lowest BCUT2D eigenvalue weighted by Gasteiger charge is -2.13. The van der Waals surface area contributed by atoms with E-state index in [1.807, 2.05) is 6.92 Å². The summed E-state index contributed by atoms with van der Waals surface area (Å²) in [5.41, 5.74) is 2.27. The maximum Gasteiger partial charge on any atom is 0.191 e. The van der Waals surface area contributed by atoms with Crippen LogP contribution in [0.1, 0.15) is 44.7 Å². The molecule has 0 radical (unpaired) electrons. The minimum Gasteiger partial charge on any atom is -0.491 e. The van der Waals surface area contributed by atoms with Crippen molar-refractivity contribution in [3.05, 3.63) is 29.3 Å². The molecule has 0 heterocycles. The van der Waals surface area contributed by atoms with Crippen LogP contribution in [0.25, 0.3) is 0 Å². The van der Waals surface area contributed by atoms with Gasteiger partial charge in [-0.25, -0.2) is 4.99 Å². The predicted octanol–water partition coefficient (Wildman–Crippen LogP) is 3.88. The van der Waals surface area contributed by atoms with Crippen molar-refractivity contribution in [1.82, 2.24) is 10.6 Å². The van der Waals surface area contributed by atoms with Crippen LogP contribution in [0.3, 0.4) is 0 Å². The Kier molecular flexibility index (Phi) is 14.6. The zero-order chi connectivity index (χ0) is 17.6. The Labute approximate surface area is 170 Å². The molecule has 0 aromatic heterocycles. The molecule has 0 fully saturated rings. The summed E-state index contributed by atoms with van der Waals surface area (Å²) in [7, 11) is 0. The largest absolute Gasteiger partial charge is 0.491 e. The van der Waals surface area contributed by atoms with E-state index in [-0.39, 0.29) is 24.0 Å². The van der Waals surface area contributed by atoms with E-state index in [2.05, 4.69) is 54.6 Å². The molecule has 0 amide bonds. The normalized spacial score (nSPS) is 11.0. The number of unbranched alkanes of at least 4 members (excludes halogenated alkanes) is 1. The number of halogens is 1. The fraction of sp³-hybridized carbons (Fsp3) is 0.632. The highest BCUT2D eigenvalue weighted by molar-refractivity contribution is 14.0. The maximum absolute atomic E-state index is 5.88. The second-order valence-electron chi connectivity index (χ2n) is 5.63. The number of benzene rings is 1. The SMILES string of the molecule is CCCCNC(=NCc1ccc(C)cc1OCCOCC)NCC.I. The molecule has 0 saturated heterocycles. The van der Waals surface area contributed by atoms with E-state index in [9.17, 15) is 0 Å². The van der Waals surface area contributed by atoms with E-state index < -0.39 is 0 Å². The highest BCUT2D eigenvalue weighted by atomic mass is 127. The van der Waals surface area contributed by atoms with Crippen molar-refractivity contribution in [3.63, 3.8) is 0 Å².